The van der Waals surface area contributed by atoms with Crippen LogP contribution >= 0.6 is 35.0 Å². The number of aliphatic hydroxyl groups excluding tert-OH is 1. The van der Waals surface area contributed by atoms with E-state index in [-0.39, 0.29) is 12.2 Å². The minimum absolute atomic E-state index is 0.286. The van der Waals surface area contributed by atoms with E-state index in [0.717, 1.165) is 4.90 Å². The highest BCUT2D eigenvalue weighted by Gasteiger charge is 2.09. The van der Waals surface area contributed by atoms with Gasteiger partial charge in [0.25, 0.3) is 0 Å². The van der Waals surface area contributed by atoms with Crippen LogP contribution in [0.4, 0.5) is 4.39 Å². The van der Waals surface area contributed by atoms with E-state index in [0.29, 0.717) is 14.9 Å². The highest BCUT2D eigenvalue weighted by molar-refractivity contribution is 7.99. The monoisotopic (exact) mass is 302 g/mol. The third-order valence-electron chi connectivity index (χ3n) is 2.35. The quantitative estimate of drug-likeness (QED) is 0.881. The molecular formula is C13H9Cl2FOS. The van der Waals surface area contributed by atoms with Gasteiger partial charge < -0.3 is 5.11 Å². The zero-order valence-electron chi connectivity index (χ0n) is 9.16. The zero-order valence-corrected chi connectivity index (χ0v) is 11.5. The van der Waals surface area contributed by atoms with Crippen molar-refractivity contribution in [3.05, 3.63) is 57.8 Å². The fourth-order valence-electron chi connectivity index (χ4n) is 1.46. The van der Waals surface area contributed by atoms with Gasteiger partial charge in [-0.05, 0) is 30.3 Å². The molecular weight excluding hydrogens is 294 g/mol. The lowest BCUT2D eigenvalue weighted by atomic mass is 10.2. The van der Waals surface area contributed by atoms with Crippen LogP contribution in [0.3, 0.4) is 0 Å². The second-order valence-electron chi connectivity index (χ2n) is 3.55. The van der Waals surface area contributed by atoms with Crippen LogP contribution in [-0.4, -0.2) is 5.11 Å². The van der Waals surface area contributed by atoms with Gasteiger partial charge >= 0.3 is 0 Å². The molecule has 1 N–H and O–H groups in total. The number of hydrogen-bond donors (Lipinski definition) is 1. The molecule has 2 aromatic rings. The summed E-state index contributed by atoms with van der Waals surface area (Å²) in [7, 11) is 0. The maximum absolute atomic E-state index is 13.5. The maximum atomic E-state index is 13.5. The zero-order chi connectivity index (χ0) is 13.1. The number of halogens is 3. The Bertz CT molecular complexity index is 575. The van der Waals surface area contributed by atoms with Crippen LogP contribution in [0.1, 0.15) is 5.56 Å². The fourth-order valence-corrected chi connectivity index (χ4v) is 2.82. The lowest BCUT2D eigenvalue weighted by molar-refractivity contribution is 0.272. The molecule has 0 aromatic heterocycles. The summed E-state index contributed by atoms with van der Waals surface area (Å²) >= 11 is 13.1. The predicted molar refractivity (Wildman–Crippen MR) is 72.9 cm³/mol. The highest BCUT2D eigenvalue weighted by Crippen LogP contribution is 2.34. The van der Waals surface area contributed by atoms with Gasteiger partial charge in [0.15, 0.2) is 0 Å². The lowest BCUT2D eigenvalue weighted by Crippen LogP contribution is -1.92. The smallest absolute Gasteiger partial charge is 0.129 e. The SMILES string of the molecule is OCc1c(F)cccc1Sc1ccc(Cl)c(Cl)c1. The van der Waals surface area contributed by atoms with Crippen LogP contribution in [-0.2, 0) is 6.61 Å². The Hall–Kier alpha value is -0.740. The van der Waals surface area contributed by atoms with Gasteiger partial charge in [-0.3, -0.25) is 0 Å². The lowest BCUT2D eigenvalue weighted by Gasteiger charge is -2.08. The molecule has 0 radical (unpaired) electrons. The van der Waals surface area contributed by atoms with Crippen LogP contribution in [0.5, 0.6) is 0 Å². The number of rotatable bonds is 3. The van der Waals surface area contributed by atoms with Crippen molar-refractivity contribution in [3.63, 3.8) is 0 Å². The molecule has 1 nitrogen and oxygen atoms in total. The maximum Gasteiger partial charge on any atom is 0.129 e. The molecule has 2 rings (SSSR count). The Morgan fingerprint density at radius 3 is 2.56 bits per heavy atom. The van der Waals surface area contributed by atoms with E-state index in [9.17, 15) is 9.50 Å². The van der Waals surface area contributed by atoms with E-state index >= 15 is 0 Å². The average Bonchev–Trinajstić information content (AvgIpc) is 2.34. The first-order chi connectivity index (χ1) is 8.61. The molecule has 0 unspecified atom stereocenters. The van der Waals surface area contributed by atoms with Crippen molar-refractivity contribution < 1.29 is 9.50 Å². The summed E-state index contributed by atoms with van der Waals surface area (Å²) < 4.78 is 13.5. The summed E-state index contributed by atoms with van der Waals surface area (Å²) in [5.41, 5.74) is 0.286. The van der Waals surface area contributed by atoms with Crippen LogP contribution in [0.2, 0.25) is 10.0 Å². The molecule has 0 atom stereocenters. The molecule has 18 heavy (non-hydrogen) atoms. The Balaban J connectivity index is 2.34. The van der Waals surface area contributed by atoms with E-state index < -0.39 is 5.82 Å². The predicted octanol–water partition coefficient (Wildman–Crippen LogP) is 4.78. The number of aliphatic hydroxyl groups is 1. The number of hydrogen-bond acceptors (Lipinski definition) is 2. The van der Waals surface area contributed by atoms with Gasteiger partial charge in [0.05, 0.1) is 16.7 Å². The molecule has 2 aromatic carbocycles. The minimum atomic E-state index is -0.414. The second kappa shape index (κ2) is 5.93. The van der Waals surface area contributed by atoms with Gasteiger partial charge in [0.2, 0.25) is 0 Å². The van der Waals surface area contributed by atoms with Crippen LogP contribution < -0.4 is 0 Å². The molecule has 0 aliphatic heterocycles. The van der Waals surface area contributed by atoms with Crippen LogP contribution in [0.25, 0.3) is 0 Å². The summed E-state index contributed by atoms with van der Waals surface area (Å²) in [4.78, 5) is 1.50. The molecule has 0 amide bonds. The summed E-state index contributed by atoms with van der Waals surface area (Å²) in [5, 5.41) is 10.1. The van der Waals surface area contributed by atoms with E-state index in [4.69, 9.17) is 23.2 Å². The molecule has 0 aliphatic carbocycles. The van der Waals surface area contributed by atoms with Gasteiger partial charge in [-0.25, -0.2) is 4.39 Å². The molecule has 0 spiro atoms. The van der Waals surface area contributed by atoms with Crippen molar-refractivity contribution in [2.24, 2.45) is 0 Å². The Labute approximate surface area is 119 Å². The van der Waals surface area contributed by atoms with Crippen molar-refractivity contribution in [2.45, 2.75) is 16.4 Å². The van der Waals surface area contributed by atoms with E-state index in [1.165, 1.54) is 17.8 Å². The number of benzene rings is 2. The van der Waals surface area contributed by atoms with Gasteiger partial charge in [0.1, 0.15) is 5.82 Å². The molecule has 0 saturated heterocycles. The van der Waals surface area contributed by atoms with Crippen molar-refractivity contribution in [1.29, 1.82) is 0 Å². The van der Waals surface area contributed by atoms with Crippen LogP contribution in [0, 0.1) is 5.82 Å². The van der Waals surface area contributed by atoms with Crippen molar-refractivity contribution in [1.82, 2.24) is 0 Å². The normalized spacial score (nSPS) is 10.7. The van der Waals surface area contributed by atoms with Crippen LogP contribution in [0.15, 0.2) is 46.2 Å². The van der Waals surface area contributed by atoms with Crippen molar-refractivity contribution in [3.8, 4) is 0 Å². The molecule has 0 heterocycles. The summed E-state index contributed by atoms with van der Waals surface area (Å²) in [5.74, 6) is -0.414. The van der Waals surface area contributed by atoms with Gasteiger partial charge in [0, 0.05) is 15.4 Å². The van der Waals surface area contributed by atoms with Crippen molar-refractivity contribution in [2.75, 3.05) is 0 Å². The highest BCUT2D eigenvalue weighted by atomic mass is 35.5. The molecule has 0 bridgehead atoms. The standard InChI is InChI=1S/C13H9Cl2FOS/c14-10-5-4-8(6-11(10)15)18-13-3-1-2-12(16)9(13)7-17/h1-6,17H,7H2. The van der Waals surface area contributed by atoms with Gasteiger partial charge in [-0.2, -0.15) is 0 Å². The molecule has 0 aliphatic rings. The summed E-state index contributed by atoms with van der Waals surface area (Å²) in [6.45, 7) is -0.337. The Kier molecular flexibility index (Phi) is 4.51. The first-order valence-electron chi connectivity index (χ1n) is 5.13. The minimum Gasteiger partial charge on any atom is -0.392 e. The van der Waals surface area contributed by atoms with Crippen molar-refractivity contribution >= 4 is 35.0 Å². The van der Waals surface area contributed by atoms with E-state index in [1.54, 1.807) is 30.3 Å². The molecule has 5 heteroatoms. The first kappa shape index (κ1) is 13.7. The Morgan fingerprint density at radius 1 is 1.11 bits per heavy atom. The molecule has 0 saturated carbocycles. The average molecular weight is 303 g/mol. The Morgan fingerprint density at radius 2 is 1.89 bits per heavy atom. The first-order valence-corrected chi connectivity index (χ1v) is 6.70. The third kappa shape index (κ3) is 2.98. The van der Waals surface area contributed by atoms with Gasteiger partial charge in [-0.1, -0.05) is 41.0 Å². The molecule has 0 fully saturated rings. The largest absolute Gasteiger partial charge is 0.392 e. The van der Waals surface area contributed by atoms with E-state index in [1.807, 2.05) is 0 Å². The fraction of sp³-hybridized carbons (Fsp3) is 0.0769. The molecule has 94 valence electrons. The third-order valence-corrected chi connectivity index (χ3v) is 4.18. The topological polar surface area (TPSA) is 20.2 Å². The van der Waals surface area contributed by atoms with E-state index in [2.05, 4.69) is 0 Å². The summed E-state index contributed by atoms with van der Waals surface area (Å²) in [6.07, 6.45) is 0. The van der Waals surface area contributed by atoms with Gasteiger partial charge in [-0.15, -0.1) is 0 Å². The second-order valence-corrected chi connectivity index (χ2v) is 5.48. The summed E-state index contributed by atoms with van der Waals surface area (Å²) in [6, 6.07) is 9.87.